The van der Waals surface area contributed by atoms with E-state index in [-0.39, 0.29) is 18.4 Å². The molecule has 6 nitrogen and oxygen atoms in total. The van der Waals surface area contributed by atoms with Crippen molar-refractivity contribution in [2.75, 3.05) is 19.7 Å². The summed E-state index contributed by atoms with van der Waals surface area (Å²) in [6.45, 7) is 9.54. The number of aryl methyl sites for hydroxylation is 2. The molecule has 28 heavy (non-hydrogen) atoms. The molecular weight excluding hydrogens is 364 g/mol. The Hall–Kier alpha value is -2.64. The van der Waals surface area contributed by atoms with E-state index >= 15 is 0 Å². The molecule has 0 saturated carbocycles. The lowest BCUT2D eigenvalue weighted by molar-refractivity contribution is 0.325. The molecule has 1 atom stereocenters. The summed E-state index contributed by atoms with van der Waals surface area (Å²) in [6, 6.07) is 3.63. The van der Waals surface area contributed by atoms with E-state index in [4.69, 9.17) is 4.74 Å². The molecule has 2 rings (SSSR count). The fourth-order valence-electron chi connectivity index (χ4n) is 2.91. The molecule has 1 heterocycles. The first kappa shape index (κ1) is 21.7. The molecule has 0 saturated heterocycles. The molecule has 0 bridgehead atoms. The van der Waals surface area contributed by atoms with E-state index in [0.717, 1.165) is 36.5 Å². The van der Waals surface area contributed by atoms with Gasteiger partial charge in [-0.05, 0) is 51.8 Å². The van der Waals surface area contributed by atoms with Crippen LogP contribution in [0.3, 0.4) is 0 Å². The molecule has 0 fully saturated rings. The minimum Gasteiger partial charge on any atom is -0.492 e. The molecule has 154 valence electrons. The molecule has 1 aromatic heterocycles. The average molecular weight is 393 g/mol. The Morgan fingerprint density at radius 3 is 2.64 bits per heavy atom. The lowest BCUT2D eigenvalue weighted by Gasteiger charge is -2.18. The van der Waals surface area contributed by atoms with Crippen LogP contribution < -0.4 is 15.4 Å². The number of hydrogen-bond donors (Lipinski definition) is 2. The van der Waals surface area contributed by atoms with Crippen LogP contribution in [0.5, 0.6) is 5.75 Å². The van der Waals surface area contributed by atoms with E-state index in [0.29, 0.717) is 12.5 Å². The number of rotatable bonds is 8. The SMILES string of the molecule is CCNC(=NCCOc1ccc(F)c(F)c1)NC(C)Cc1c(C)nn(C)c1C. The molecule has 0 amide bonds. The van der Waals surface area contributed by atoms with Gasteiger partial charge in [-0.2, -0.15) is 5.10 Å². The van der Waals surface area contributed by atoms with Crippen molar-refractivity contribution in [1.82, 2.24) is 20.4 Å². The van der Waals surface area contributed by atoms with Crippen molar-refractivity contribution in [3.8, 4) is 5.75 Å². The summed E-state index contributed by atoms with van der Waals surface area (Å²) in [5, 5.41) is 11.0. The normalized spacial score (nSPS) is 12.8. The van der Waals surface area contributed by atoms with E-state index in [2.05, 4.69) is 34.6 Å². The largest absolute Gasteiger partial charge is 0.492 e. The van der Waals surface area contributed by atoms with Gasteiger partial charge in [-0.25, -0.2) is 13.8 Å². The second kappa shape index (κ2) is 10.1. The van der Waals surface area contributed by atoms with E-state index < -0.39 is 11.6 Å². The Morgan fingerprint density at radius 2 is 2.04 bits per heavy atom. The van der Waals surface area contributed by atoms with E-state index in [1.54, 1.807) is 0 Å². The highest BCUT2D eigenvalue weighted by Crippen LogP contribution is 2.15. The van der Waals surface area contributed by atoms with Gasteiger partial charge in [0.05, 0.1) is 12.2 Å². The monoisotopic (exact) mass is 393 g/mol. The number of nitrogens with one attached hydrogen (secondary N) is 2. The number of guanidine groups is 1. The van der Waals surface area contributed by atoms with Crippen molar-refractivity contribution in [2.24, 2.45) is 12.0 Å². The van der Waals surface area contributed by atoms with Crippen LogP contribution in [0, 0.1) is 25.5 Å². The van der Waals surface area contributed by atoms with Crippen molar-refractivity contribution in [1.29, 1.82) is 0 Å². The maximum absolute atomic E-state index is 13.2. The molecule has 1 unspecified atom stereocenters. The Kier molecular flexibility index (Phi) is 7.78. The van der Waals surface area contributed by atoms with Gasteiger partial charge in [0.2, 0.25) is 0 Å². The zero-order valence-corrected chi connectivity index (χ0v) is 17.1. The summed E-state index contributed by atoms with van der Waals surface area (Å²) in [7, 11) is 1.95. The third-order valence-corrected chi connectivity index (χ3v) is 4.42. The maximum atomic E-state index is 13.2. The summed E-state index contributed by atoms with van der Waals surface area (Å²) in [4.78, 5) is 4.48. The quantitative estimate of drug-likeness (QED) is 0.411. The standard InChI is InChI=1S/C20H29F2N5O/c1-6-23-20(24-9-10-28-16-7-8-18(21)19(22)12-16)25-13(2)11-17-14(3)26-27(5)15(17)4/h7-8,12-13H,6,9-11H2,1-5H3,(H2,23,24,25). The van der Waals surface area contributed by atoms with Gasteiger partial charge in [0.1, 0.15) is 12.4 Å². The van der Waals surface area contributed by atoms with Crippen LogP contribution in [-0.4, -0.2) is 41.5 Å². The predicted molar refractivity (Wildman–Crippen MR) is 107 cm³/mol. The van der Waals surface area contributed by atoms with Crippen LogP contribution in [0.1, 0.15) is 30.8 Å². The fourth-order valence-corrected chi connectivity index (χ4v) is 2.91. The van der Waals surface area contributed by atoms with Gasteiger partial charge in [-0.1, -0.05) is 0 Å². The Balaban J connectivity index is 1.89. The van der Waals surface area contributed by atoms with Crippen molar-refractivity contribution in [2.45, 2.75) is 40.2 Å². The molecule has 0 aliphatic carbocycles. The molecule has 2 aromatic rings. The number of aromatic nitrogens is 2. The average Bonchev–Trinajstić information content (AvgIpc) is 2.88. The van der Waals surface area contributed by atoms with Crippen molar-refractivity contribution < 1.29 is 13.5 Å². The number of halogens is 2. The van der Waals surface area contributed by atoms with Crippen LogP contribution in [0.4, 0.5) is 8.78 Å². The van der Waals surface area contributed by atoms with Crippen molar-refractivity contribution in [3.63, 3.8) is 0 Å². The fraction of sp³-hybridized carbons (Fsp3) is 0.500. The zero-order chi connectivity index (χ0) is 20.7. The Bertz CT molecular complexity index is 819. The van der Waals surface area contributed by atoms with Gasteiger partial charge in [0.25, 0.3) is 0 Å². The molecule has 0 radical (unpaired) electrons. The maximum Gasteiger partial charge on any atom is 0.191 e. The summed E-state index contributed by atoms with van der Waals surface area (Å²) >= 11 is 0. The molecule has 0 spiro atoms. The molecular formula is C20H29F2N5O. The first-order chi connectivity index (χ1) is 13.3. The Labute approximate surface area is 165 Å². The number of hydrogen-bond acceptors (Lipinski definition) is 3. The van der Waals surface area contributed by atoms with Crippen LogP contribution in [0.25, 0.3) is 0 Å². The lowest BCUT2D eigenvalue weighted by atomic mass is 10.1. The first-order valence-electron chi connectivity index (χ1n) is 9.43. The number of benzene rings is 1. The minimum atomic E-state index is -0.925. The number of aliphatic imine (C=N–C) groups is 1. The van der Waals surface area contributed by atoms with Crippen molar-refractivity contribution >= 4 is 5.96 Å². The van der Waals surface area contributed by atoms with Crippen LogP contribution >= 0.6 is 0 Å². The van der Waals surface area contributed by atoms with Crippen molar-refractivity contribution in [3.05, 3.63) is 46.8 Å². The molecule has 1 aromatic carbocycles. The van der Waals surface area contributed by atoms with Gasteiger partial charge in [0, 0.05) is 31.4 Å². The third-order valence-electron chi connectivity index (χ3n) is 4.42. The van der Waals surface area contributed by atoms with E-state index in [1.807, 2.05) is 25.6 Å². The van der Waals surface area contributed by atoms with Gasteiger partial charge < -0.3 is 15.4 Å². The lowest BCUT2D eigenvalue weighted by Crippen LogP contribution is -2.43. The Morgan fingerprint density at radius 1 is 1.29 bits per heavy atom. The number of ether oxygens (including phenoxy) is 1. The van der Waals surface area contributed by atoms with Gasteiger partial charge in [-0.3, -0.25) is 4.68 Å². The van der Waals surface area contributed by atoms with Crippen LogP contribution in [0.2, 0.25) is 0 Å². The van der Waals surface area contributed by atoms with E-state index in [9.17, 15) is 8.78 Å². The topological polar surface area (TPSA) is 63.5 Å². The van der Waals surface area contributed by atoms with Gasteiger partial charge in [0.15, 0.2) is 17.6 Å². The summed E-state index contributed by atoms with van der Waals surface area (Å²) in [5.74, 6) is -0.853. The first-order valence-corrected chi connectivity index (χ1v) is 9.43. The van der Waals surface area contributed by atoms with Gasteiger partial charge >= 0.3 is 0 Å². The summed E-state index contributed by atoms with van der Waals surface area (Å²) in [5.41, 5.74) is 3.43. The second-order valence-corrected chi connectivity index (χ2v) is 6.71. The molecule has 2 N–H and O–H groups in total. The third kappa shape index (κ3) is 5.94. The smallest absolute Gasteiger partial charge is 0.191 e. The van der Waals surface area contributed by atoms with Crippen LogP contribution in [0.15, 0.2) is 23.2 Å². The van der Waals surface area contributed by atoms with E-state index in [1.165, 1.54) is 11.6 Å². The highest BCUT2D eigenvalue weighted by atomic mass is 19.2. The number of nitrogens with zero attached hydrogens (tertiary/aromatic N) is 3. The summed E-state index contributed by atoms with van der Waals surface area (Å²) in [6.07, 6.45) is 0.835. The van der Waals surface area contributed by atoms with Crippen LogP contribution in [-0.2, 0) is 13.5 Å². The molecule has 0 aliphatic rings. The molecule has 8 heteroatoms. The van der Waals surface area contributed by atoms with Gasteiger partial charge in [-0.15, -0.1) is 0 Å². The highest BCUT2D eigenvalue weighted by molar-refractivity contribution is 5.80. The molecule has 0 aliphatic heterocycles. The zero-order valence-electron chi connectivity index (χ0n) is 17.1. The highest BCUT2D eigenvalue weighted by Gasteiger charge is 2.14. The summed E-state index contributed by atoms with van der Waals surface area (Å²) < 4.78 is 33.4. The second-order valence-electron chi connectivity index (χ2n) is 6.71. The predicted octanol–water partition coefficient (Wildman–Crippen LogP) is 2.88. The minimum absolute atomic E-state index is 0.159.